The molecule has 0 radical (unpaired) electrons. The third-order valence-corrected chi connectivity index (χ3v) is 3.16. The van der Waals surface area contributed by atoms with Crippen LogP contribution >= 0.6 is 15.9 Å². The average molecular weight is 350 g/mol. The van der Waals surface area contributed by atoms with Gasteiger partial charge in [0.2, 0.25) is 5.91 Å². The van der Waals surface area contributed by atoms with Crippen LogP contribution in [0.2, 0.25) is 0 Å². The lowest BCUT2D eigenvalue weighted by atomic mass is 10.1. The van der Waals surface area contributed by atoms with E-state index in [2.05, 4.69) is 21.2 Å². The maximum atomic E-state index is 11.9. The zero-order valence-electron chi connectivity index (χ0n) is 10.8. The molecule has 0 aromatic heterocycles. The maximum absolute atomic E-state index is 11.9. The van der Waals surface area contributed by atoms with Crippen molar-refractivity contribution in [1.29, 1.82) is 0 Å². The Bertz CT molecular complexity index is 700. The van der Waals surface area contributed by atoms with Crippen molar-refractivity contribution in [1.82, 2.24) is 0 Å². The highest BCUT2D eigenvalue weighted by atomic mass is 79.9. The number of carbonyl (C=O) groups excluding carboxylic acids is 1. The van der Waals surface area contributed by atoms with E-state index >= 15 is 0 Å². The quantitative estimate of drug-likeness (QED) is 0.791. The lowest BCUT2D eigenvalue weighted by Crippen LogP contribution is -2.14. The molecule has 0 heterocycles. The van der Waals surface area contributed by atoms with Gasteiger partial charge in [-0.15, -0.1) is 0 Å². The molecule has 3 N–H and O–H groups in total. The maximum Gasteiger partial charge on any atom is 0.335 e. The lowest BCUT2D eigenvalue weighted by molar-refractivity contribution is -0.115. The fourth-order valence-corrected chi connectivity index (χ4v) is 2.34. The number of halogens is 1. The Morgan fingerprint density at radius 3 is 2.57 bits per heavy atom. The Morgan fingerprint density at radius 1 is 1.14 bits per heavy atom. The van der Waals surface area contributed by atoms with Crippen LogP contribution < -0.4 is 5.32 Å². The number of aromatic hydroxyl groups is 1. The second-order valence-electron chi connectivity index (χ2n) is 4.43. The molecule has 0 bridgehead atoms. The third kappa shape index (κ3) is 4.32. The number of carboxylic acids is 1. The van der Waals surface area contributed by atoms with Crippen molar-refractivity contribution in [2.75, 3.05) is 5.32 Å². The van der Waals surface area contributed by atoms with Crippen LogP contribution in [0, 0.1) is 0 Å². The van der Waals surface area contributed by atoms with Crippen molar-refractivity contribution < 1.29 is 19.8 Å². The Kier molecular flexibility index (Phi) is 4.59. The number of anilines is 1. The fourth-order valence-electron chi connectivity index (χ4n) is 1.84. The van der Waals surface area contributed by atoms with Crippen LogP contribution in [0.4, 0.5) is 5.69 Å². The number of hydrogen-bond acceptors (Lipinski definition) is 3. The number of hydrogen-bond donors (Lipinski definition) is 3. The molecular weight excluding hydrogens is 338 g/mol. The van der Waals surface area contributed by atoms with E-state index in [1.807, 2.05) is 0 Å². The summed E-state index contributed by atoms with van der Waals surface area (Å²) in [5.41, 5.74) is 1.14. The normalized spacial score (nSPS) is 10.1. The molecule has 2 rings (SSSR count). The molecule has 0 unspecified atom stereocenters. The molecular formula is C15H12BrNO4. The van der Waals surface area contributed by atoms with Gasteiger partial charge in [0.1, 0.15) is 5.75 Å². The molecule has 1 amide bonds. The second kappa shape index (κ2) is 6.41. The molecule has 2 aromatic rings. The van der Waals surface area contributed by atoms with Crippen LogP contribution in [0.25, 0.3) is 0 Å². The summed E-state index contributed by atoms with van der Waals surface area (Å²) in [5.74, 6) is -1.27. The molecule has 108 valence electrons. The first-order valence-electron chi connectivity index (χ1n) is 6.05. The molecule has 0 aliphatic carbocycles. The molecule has 6 heteroatoms. The van der Waals surface area contributed by atoms with E-state index < -0.39 is 5.97 Å². The standard InChI is InChI=1S/C15H12BrNO4/c16-11-6-10(15(20)21)7-12(8-11)17-14(19)5-9-2-1-3-13(18)4-9/h1-4,6-8,18H,5H2,(H,17,19)(H,20,21). The fraction of sp³-hybridized carbons (Fsp3) is 0.0667. The van der Waals surface area contributed by atoms with Gasteiger partial charge in [-0.2, -0.15) is 0 Å². The first kappa shape index (κ1) is 15.1. The van der Waals surface area contributed by atoms with Crippen molar-refractivity contribution in [2.45, 2.75) is 6.42 Å². The van der Waals surface area contributed by atoms with E-state index in [-0.39, 0.29) is 23.6 Å². The van der Waals surface area contributed by atoms with Gasteiger partial charge >= 0.3 is 5.97 Å². The van der Waals surface area contributed by atoms with Gasteiger partial charge < -0.3 is 15.5 Å². The summed E-state index contributed by atoms with van der Waals surface area (Å²) in [7, 11) is 0. The highest BCUT2D eigenvalue weighted by Crippen LogP contribution is 2.20. The third-order valence-electron chi connectivity index (χ3n) is 2.70. The molecule has 5 nitrogen and oxygen atoms in total. The van der Waals surface area contributed by atoms with E-state index in [9.17, 15) is 14.7 Å². The van der Waals surface area contributed by atoms with Crippen LogP contribution in [-0.4, -0.2) is 22.1 Å². The van der Waals surface area contributed by atoms with Crippen molar-refractivity contribution >= 4 is 33.5 Å². The summed E-state index contributed by atoms with van der Waals surface area (Å²) < 4.78 is 0.565. The van der Waals surface area contributed by atoms with Gasteiger partial charge in [0.25, 0.3) is 0 Å². The molecule has 0 fully saturated rings. The minimum Gasteiger partial charge on any atom is -0.508 e. The Labute approximate surface area is 129 Å². The molecule has 2 aromatic carbocycles. The molecule has 0 aliphatic heterocycles. The second-order valence-corrected chi connectivity index (χ2v) is 5.34. The van der Waals surface area contributed by atoms with Crippen molar-refractivity contribution in [3.63, 3.8) is 0 Å². The molecule has 21 heavy (non-hydrogen) atoms. The van der Waals surface area contributed by atoms with Gasteiger partial charge in [0.05, 0.1) is 12.0 Å². The van der Waals surface area contributed by atoms with Crippen molar-refractivity contribution in [3.05, 3.63) is 58.1 Å². The number of rotatable bonds is 4. The Morgan fingerprint density at radius 2 is 1.90 bits per heavy atom. The molecule has 0 aliphatic rings. The molecule has 0 saturated carbocycles. The monoisotopic (exact) mass is 349 g/mol. The highest BCUT2D eigenvalue weighted by Gasteiger charge is 2.09. The summed E-state index contributed by atoms with van der Waals surface area (Å²) >= 11 is 3.20. The number of nitrogens with one attached hydrogen (secondary N) is 1. The summed E-state index contributed by atoms with van der Waals surface area (Å²) in [5, 5.41) is 21.0. The Hall–Kier alpha value is -2.34. The number of phenols is 1. The van der Waals surface area contributed by atoms with E-state index in [0.717, 1.165) is 0 Å². The number of amides is 1. The van der Waals surface area contributed by atoms with Gasteiger partial charge in [0, 0.05) is 10.2 Å². The zero-order valence-corrected chi connectivity index (χ0v) is 12.4. The van der Waals surface area contributed by atoms with E-state index in [1.54, 1.807) is 18.2 Å². The minimum absolute atomic E-state index is 0.0806. The lowest BCUT2D eigenvalue weighted by Gasteiger charge is -2.07. The van der Waals surface area contributed by atoms with Crippen molar-refractivity contribution in [3.8, 4) is 5.75 Å². The van der Waals surface area contributed by atoms with E-state index in [4.69, 9.17) is 5.11 Å². The predicted octanol–water partition coefficient (Wildman–Crippen LogP) is 3.03. The van der Waals surface area contributed by atoms with Gasteiger partial charge in [-0.1, -0.05) is 28.1 Å². The summed E-state index contributed by atoms with van der Waals surface area (Å²) in [4.78, 5) is 22.9. The van der Waals surface area contributed by atoms with Crippen LogP contribution in [0.1, 0.15) is 15.9 Å². The summed E-state index contributed by atoms with van der Waals surface area (Å²) in [6, 6.07) is 10.9. The molecule has 0 atom stereocenters. The predicted molar refractivity (Wildman–Crippen MR) is 81.5 cm³/mol. The number of carboxylic acid groups (broad SMARTS) is 1. The van der Waals surface area contributed by atoms with Crippen LogP contribution in [-0.2, 0) is 11.2 Å². The number of benzene rings is 2. The topological polar surface area (TPSA) is 86.6 Å². The summed E-state index contributed by atoms with van der Waals surface area (Å²) in [6.07, 6.45) is 0.0866. The van der Waals surface area contributed by atoms with Crippen molar-refractivity contribution in [2.24, 2.45) is 0 Å². The largest absolute Gasteiger partial charge is 0.508 e. The van der Waals surface area contributed by atoms with Crippen LogP contribution in [0.15, 0.2) is 46.9 Å². The smallest absolute Gasteiger partial charge is 0.335 e. The first-order chi connectivity index (χ1) is 9.94. The van der Waals surface area contributed by atoms with Crippen LogP contribution in [0.5, 0.6) is 5.75 Å². The first-order valence-corrected chi connectivity index (χ1v) is 6.85. The van der Waals surface area contributed by atoms with Gasteiger partial charge in [0.15, 0.2) is 0 Å². The average Bonchev–Trinajstić information content (AvgIpc) is 2.37. The van der Waals surface area contributed by atoms with Gasteiger partial charge in [-0.05, 0) is 35.9 Å². The number of phenolic OH excluding ortho intramolecular Hbond substituents is 1. The minimum atomic E-state index is -1.07. The molecule has 0 spiro atoms. The van der Waals surface area contributed by atoms with Crippen LogP contribution in [0.3, 0.4) is 0 Å². The van der Waals surface area contributed by atoms with E-state index in [1.165, 1.54) is 24.3 Å². The highest BCUT2D eigenvalue weighted by molar-refractivity contribution is 9.10. The van der Waals surface area contributed by atoms with Gasteiger partial charge in [-0.3, -0.25) is 4.79 Å². The molecule has 0 saturated heterocycles. The summed E-state index contributed by atoms with van der Waals surface area (Å²) in [6.45, 7) is 0. The van der Waals surface area contributed by atoms with Gasteiger partial charge in [-0.25, -0.2) is 4.79 Å². The Balaban J connectivity index is 2.11. The SMILES string of the molecule is O=C(Cc1cccc(O)c1)Nc1cc(Br)cc(C(=O)O)c1. The zero-order chi connectivity index (χ0) is 15.4. The number of aromatic carboxylic acids is 1. The number of carbonyl (C=O) groups is 2. The van der Waals surface area contributed by atoms with E-state index in [0.29, 0.717) is 15.7 Å².